The SMILES string of the molecule is CCCCCCCCCCCCCCCC(=O)NCCCC[C@@H](NC(=O)CCCCCCCCCCCCCCC)C(=O)N[C@H](CCCCN)C(=O)N[C@H](CCCCN)C(=O)N[C@@H](CCCCNC(=O)[C@H](CCCCNC(=O)c1ccc(-c2c3ccc(=O)cc-3oc3cc(O)ccc23)c(C(=O)O)c1)NC(=O)[C@H](CC(=O)O)NC(=O)CNC(=O)[C@H](CCCNC(=N)N)NC(C)=O)C(=O)NCC(=O)O. The van der Waals surface area contributed by atoms with E-state index in [0.29, 0.717) is 74.4 Å². The van der Waals surface area contributed by atoms with E-state index in [1.165, 1.54) is 158 Å². The largest absolute Gasteiger partial charge is 0.508 e. The topological polar surface area (TPSA) is 625 Å². The Hall–Kier alpha value is -11.8. The number of aromatic hydroxyl groups is 1. The summed E-state index contributed by atoms with van der Waals surface area (Å²) < 4.78 is 5.94. The number of carbonyl (C=O) groups excluding carboxylic acids is 12. The second-order valence-electron chi connectivity index (χ2n) is 35.5. The number of phenolic OH excluding ortho intramolecular Hbond substituents is 1. The van der Waals surface area contributed by atoms with Crippen molar-refractivity contribution in [3.63, 3.8) is 0 Å². The molecule has 2 aromatic carbocycles. The second kappa shape index (κ2) is 69.9. The molecule has 0 fully saturated rings. The highest BCUT2D eigenvalue weighted by atomic mass is 16.4. The monoisotopic (exact) mass is 1920 g/mol. The van der Waals surface area contributed by atoms with Crippen molar-refractivity contribution < 1.29 is 96.8 Å². The Bertz CT molecular complexity index is 4450. The number of carbonyl (C=O) groups is 15. The number of carboxylic acid groups (broad SMARTS) is 3. The first-order valence-electron chi connectivity index (χ1n) is 49.8. The van der Waals surface area contributed by atoms with E-state index < -0.39 is 144 Å². The van der Waals surface area contributed by atoms with E-state index in [1.54, 1.807) is 0 Å². The van der Waals surface area contributed by atoms with Gasteiger partial charge in [0.15, 0.2) is 11.4 Å². The number of fused-ring (bicyclic) bond motifs is 2. The molecular formula is C99H157N17O21. The zero-order valence-corrected chi connectivity index (χ0v) is 80.9. The Morgan fingerprint density at radius 3 is 1.24 bits per heavy atom. The Kier molecular flexibility index (Phi) is 59.9. The zero-order chi connectivity index (χ0) is 100. The highest BCUT2D eigenvalue weighted by molar-refractivity contribution is 6.09. The molecule has 0 saturated heterocycles. The standard InChI is InChI=1S/C99H157N17O21/c1-4-6-8-10-12-14-16-18-20-22-24-26-28-47-84(120)104-57-37-32-45-78(111-85(121)48-29-27-25-23-21-19-17-15-13-11-9-7-5-2)94(131)115-80(42-31-36-56-101)96(133)116-79(41-30-35-55-100)95(132)113-77(93(130)109-66-88(125)126)44-34-39-59-106-91(128)76(114-97(134)81(64-87(123)124)112-86(122)65-108-92(129)75(110-67(3)117)46-40-60-107-99(102)103)43-33-38-58-105-90(127)68-49-52-71(74(61-68)98(135)136)89-72-53-50-69(118)62-82(72)137-83-63-70(119)51-54-73(83)89/h49-54,61-63,75-81,118H,4-48,55-60,64-66,100-101H2,1-3H3,(H,104,120)(H,105,127)(H,106,128)(H,108,129)(H,109,130)(H,110,117)(H,111,121)(H,112,122)(H,113,132)(H,114,134)(H,115,131)(H,116,133)(H,123,124)(H,125,126)(H,135,136)(H4,102,103,107)/t75-,76-,77-,78+,79+,80+,81-/m0/s1. The van der Waals surface area contributed by atoms with Gasteiger partial charge < -0.3 is 111 Å². The highest BCUT2D eigenvalue weighted by Crippen LogP contribution is 2.42. The molecule has 38 heteroatoms. The molecular weight excluding hydrogens is 1760 g/mol. The van der Waals surface area contributed by atoms with Gasteiger partial charge >= 0.3 is 17.9 Å². The van der Waals surface area contributed by atoms with Crippen LogP contribution in [0, 0.1) is 5.41 Å². The van der Waals surface area contributed by atoms with Crippen molar-refractivity contribution in [1.29, 1.82) is 5.41 Å². The molecule has 0 spiro atoms. The van der Waals surface area contributed by atoms with Crippen molar-refractivity contribution in [2.24, 2.45) is 17.2 Å². The van der Waals surface area contributed by atoms with Crippen LogP contribution in [0.3, 0.4) is 0 Å². The number of aromatic carboxylic acids is 1. The summed E-state index contributed by atoms with van der Waals surface area (Å²) in [4.78, 5) is 215. The molecule has 137 heavy (non-hydrogen) atoms. The zero-order valence-electron chi connectivity index (χ0n) is 80.9. The fraction of sp³-hybridized carbons (Fsp3) is 0.646. The first-order valence-corrected chi connectivity index (χ1v) is 49.8. The summed E-state index contributed by atoms with van der Waals surface area (Å²) in [6.07, 6.45) is 32.3. The lowest BCUT2D eigenvalue weighted by Crippen LogP contribution is -2.58. The summed E-state index contributed by atoms with van der Waals surface area (Å²) >= 11 is 0. The summed E-state index contributed by atoms with van der Waals surface area (Å²) in [6, 6.07) is 2.39. The first kappa shape index (κ1) is 117. The number of guanidine groups is 1. The number of amides is 12. The lowest BCUT2D eigenvalue weighted by atomic mass is 9.90. The molecule has 1 aliphatic carbocycles. The minimum atomic E-state index is -1.87. The first-order chi connectivity index (χ1) is 65.9. The third-order valence-electron chi connectivity index (χ3n) is 23.8. The lowest BCUT2D eigenvalue weighted by Gasteiger charge is -2.27. The Morgan fingerprint density at radius 1 is 0.372 bits per heavy atom. The van der Waals surface area contributed by atoms with Gasteiger partial charge in [0.2, 0.25) is 65.0 Å². The smallest absolute Gasteiger partial charge is 0.336 e. The molecule has 2 aliphatic rings. The van der Waals surface area contributed by atoms with Crippen molar-refractivity contribution in [3.8, 4) is 28.2 Å². The van der Waals surface area contributed by atoms with E-state index in [-0.39, 0.29) is 161 Å². The average Bonchev–Trinajstić information content (AvgIpc) is 0.745. The van der Waals surface area contributed by atoms with Crippen LogP contribution in [0.5, 0.6) is 5.75 Å². The fourth-order valence-electron chi connectivity index (χ4n) is 16.1. The van der Waals surface area contributed by atoms with E-state index in [4.69, 9.17) is 27.0 Å². The Balaban J connectivity index is 1.53. The summed E-state index contributed by atoms with van der Waals surface area (Å²) in [5, 5.41) is 82.3. The minimum absolute atomic E-state index is 0.0176. The number of benzene rings is 3. The van der Waals surface area contributed by atoms with Gasteiger partial charge in [0.05, 0.1) is 18.5 Å². The average molecular weight is 1920 g/mol. The molecule has 4 rings (SSSR count). The van der Waals surface area contributed by atoms with E-state index in [1.807, 2.05) is 0 Å². The number of aliphatic carboxylic acids is 2. The molecule has 1 aliphatic heterocycles. The third kappa shape index (κ3) is 50.2. The van der Waals surface area contributed by atoms with Crippen LogP contribution in [-0.4, -0.2) is 210 Å². The number of nitrogens with two attached hydrogens (primary N) is 3. The van der Waals surface area contributed by atoms with Gasteiger partial charge in [-0.25, -0.2) is 4.79 Å². The molecule has 24 N–H and O–H groups in total. The molecule has 12 amide bonds. The predicted molar refractivity (Wildman–Crippen MR) is 524 cm³/mol. The molecule has 1 heterocycles. The van der Waals surface area contributed by atoms with Gasteiger partial charge in [0.1, 0.15) is 65.9 Å². The van der Waals surface area contributed by atoms with Crippen molar-refractivity contribution >= 4 is 106 Å². The summed E-state index contributed by atoms with van der Waals surface area (Å²) in [6.45, 7) is 4.60. The van der Waals surface area contributed by atoms with Crippen LogP contribution in [0.2, 0.25) is 0 Å². The van der Waals surface area contributed by atoms with Crippen LogP contribution in [0.25, 0.3) is 33.4 Å². The minimum Gasteiger partial charge on any atom is -0.508 e. The van der Waals surface area contributed by atoms with Gasteiger partial charge in [-0.2, -0.15) is 0 Å². The lowest BCUT2D eigenvalue weighted by molar-refractivity contribution is -0.141. The maximum atomic E-state index is 14.7. The van der Waals surface area contributed by atoms with E-state index in [0.717, 1.165) is 64.4 Å². The van der Waals surface area contributed by atoms with Gasteiger partial charge in [-0.15, -0.1) is 0 Å². The summed E-state index contributed by atoms with van der Waals surface area (Å²) in [7, 11) is 0. The molecule has 0 aromatic heterocycles. The third-order valence-corrected chi connectivity index (χ3v) is 23.8. The fourth-order valence-corrected chi connectivity index (χ4v) is 16.1. The maximum absolute atomic E-state index is 14.7. The molecule has 7 atom stereocenters. The number of nitrogens with one attached hydrogen (secondary N) is 14. The molecule has 2 aromatic rings. The van der Waals surface area contributed by atoms with Crippen molar-refractivity contribution in [1.82, 2.24) is 69.1 Å². The van der Waals surface area contributed by atoms with E-state index in [9.17, 15) is 97.1 Å². The van der Waals surface area contributed by atoms with Gasteiger partial charge in [-0.05, 0) is 177 Å². The van der Waals surface area contributed by atoms with Crippen molar-refractivity contribution in [2.45, 2.75) is 358 Å². The number of hydrogen-bond acceptors (Lipinski definition) is 21. The van der Waals surface area contributed by atoms with Crippen molar-refractivity contribution in [2.75, 3.05) is 52.4 Å². The maximum Gasteiger partial charge on any atom is 0.336 e. The summed E-state index contributed by atoms with van der Waals surface area (Å²) in [5.74, 6) is -13.6. The van der Waals surface area contributed by atoms with Crippen LogP contribution < -0.4 is 91.7 Å². The van der Waals surface area contributed by atoms with Gasteiger partial charge in [0, 0.05) is 80.2 Å². The molecule has 0 bridgehead atoms. The molecule has 0 saturated carbocycles. The number of phenols is 1. The Morgan fingerprint density at radius 2 is 0.774 bits per heavy atom. The number of hydrogen-bond donors (Lipinski definition) is 21. The van der Waals surface area contributed by atoms with Crippen LogP contribution in [0.15, 0.2) is 63.8 Å². The van der Waals surface area contributed by atoms with E-state index in [2.05, 4.69) is 83.0 Å². The number of carboxylic acids is 3. The van der Waals surface area contributed by atoms with Crippen LogP contribution in [-0.2, 0) is 62.3 Å². The van der Waals surface area contributed by atoms with E-state index >= 15 is 0 Å². The van der Waals surface area contributed by atoms with Crippen LogP contribution in [0.4, 0.5) is 0 Å². The highest BCUT2D eigenvalue weighted by Gasteiger charge is 2.34. The van der Waals surface area contributed by atoms with Gasteiger partial charge in [0.25, 0.3) is 5.91 Å². The van der Waals surface area contributed by atoms with Gasteiger partial charge in [-0.1, -0.05) is 174 Å². The normalized spacial score (nSPS) is 12.7. The van der Waals surface area contributed by atoms with Crippen LogP contribution >= 0.6 is 0 Å². The number of rotatable bonds is 78. The Labute approximate surface area is 805 Å². The van der Waals surface area contributed by atoms with Crippen molar-refractivity contribution in [3.05, 3.63) is 75.9 Å². The molecule has 0 radical (unpaired) electrons. The quantitative estimate of drug-likeness (QED) is 0.00847. The summed E-state index contributed by atoms with van der Waals surface area (Å²) in [5.41, 5.74) is 17.4. The predicted octanol–water partition coefficient (Wildman–Crippen LogP) is 9.13. The number of unbranched alkanes of at least 4 members (excludes halogenated alkanes) is 29. The molecule has 38 nitrogen and oxygen atoms in total. The molecule has 0 unspecified atom stereocenters. The molecule has 764 valence electrons. The van der Waals surface area contributed by atoms with Crippen LogP contribution in [0.1, 0.15) is 337 Å². The van der Waals surface area contributed by atoms with Gasteiger partial charge in [-0.3, -0.25) is 77.3 Å². The second-order valence-corrected chi connectivity index (χ2v) is 35.5.